The van der Waals surface area contributed by atoms with Crippen molar-refractivity contribution in [1.82, 2.24) is 25.2 Å². The van der Waals surface area contributed by atoms with Crippen LogP contribution in [0.5, 0.6) is 0 Å². The smallest absolute Gasteiger partial charge is 0.258 e. The molecule has 6 rings (SSSR count). The molecular weight excluding hydrogens is 537 g/mol. The number of hydrogen-bond donors (Lipinski definition) is 3. The maximum Gasteiger partial charge on any atom is 0.258 e. The first kappa shape index (κ1) is 29.6. The number of halogens is 2. The van der Waals surface area contributed by atoms with Crippen LogP contribution in [0.3, 0.4) is 0 Å². The highest BCUT2D eigenvalue weighted by molar-refractivity contribution is 6.04. The van der Waals surface area contributed by atoms with E-state index in [1.54, 1.807) is 6.20 Å². The molecule has 11 heteroatoms. The number of likely N-dealkylation sites (tertiary alicyclic amines) is 1. The first-order valence-electron chi connectivity index (χ1n) is 13.7. The van der Waals surface area contributed by atoms with Gasteiger partial charge in [-0.1, -0.05) is 0 Å². The molecule has 3 saturated heterocycles. The molecule has 3 aliphatic heterocycles. The van der Waals surface area contributed by atoms with Gasteiger partial charge in [0.1, 0.15) is 11.6 Å². The van der Waals surface area contributed by atoms with Crippen molar-refractivity contribution < 1.29 is 9.53 Å². The highest BCUT2D eigenvalue weighted by Gasteiger charge is 2.25. The van der Waals surface area contributed by atoms with Gasteiger partial charge in [-0.25, -0.2) is 9.97 Å². The molecule has 3 aromatic heterocycles. The molecule has 3 aliphatic rings. The second kappa shape index (κ2) is 13.3. The lowest BCUT2D eigenvalue weighted by atomic mass is 10.1. The van der Waals surface area contributed by atoms with Crippen molar-refractivity contribution in [1.29, 1.82) is 0 Å². The number of H-pyrrole nitrogens is 1. The van der Waals surface area contributed by atoms with Crippen LogP contribution in [0.25, 0.3) is 10.9 Å². The Hall–Kier alpha value is -2.43. The topological polar surface area (TPSA) is 98.4 Å². The summed E-state index contributed by atoms with van der Waals surface area (Å²) in [6.45, 7) is 5.09. The Morgan fingerprint density at radius 3 is 2.44 bits per heavy atom. The predicted molar refractivity (Wildman–Crippen MR) is 160 cm³/mol. The van der Waals surface area contributed by atoms with Gasteiger partial charge >= 0.3 is 0 Å². The van der Waals surface area contributed by atoms with E-state index in [9.17, 15) is 4.79 Å². The van der Waals surface area contributed by atoms with Crippen LogP contribution in [0.2, 0.25) is 0 Å². The molecule has 3 N–H and O–H groups in total. The van der Waals surface area contributed by atoms with Crippen LogP contribution >= 0.6 is 24.8 Å². The molecule has 0 unspecified atom stereocenters. The second-order valence-corrected chi connectivity index (χ2v) is 10.7. The third-order valence-corrected chi connectivity index (χ3v) is 8.09. The zero-order chi connectivity index (χ0) is 25.2. The van der Waals surface area contributed by atoms with Crippen LogP contribution in [-0.4, -0.2) is 77.7 Å². The summed E-state index contributed by atoms with van der Waals surface area (Å²) in [7, 11) is 2.17. The maximum atomic E-state index is 12.9. The number of anilines is 2. The lowest BCUT2D eigenvalue weighted by molar-refractivity contribution is -0.0364. The molecule has 39 heavy (non-hydrogen) atoms. The molecule has 212 valence electrons. The van der Waals surface area contributed by atoms with Gasteiger partial charge in [0, 0.05) is 48.7 Å². The van der Waals surface area contributed by atoms with Gasteiger partial charge in [0.15, 0.2) is 0 Å². The van der Waals surface area contributed by atoms with Crippen LogP contribution in [-0.2, 0) is 4.74 Å². The Morgan fingerprint density at radius 1 is 0.974 bits per heavy atom. The molecule has 6 heterocycles. The van der Waals surface area contributed by atoms with E-state index in [4.69, 9.17) is 4.74 Å². The summed E-state index contributed by atoms with van der Waals surface area (Å²) < 4.78 is 6.33. The number of amides is 1. The molecule has 3 fully saturated rings. The molecule has 1 atom stereocenters. The van der Waals surface area contributed by atoms with Crippen molar-refractivity contribution >= 4 is 53.3 Å². The highest BCUT2D eigenvalue weighted by Crippen LogP contribution is 2.32. The van der Waals surface area contributed by atoms with Crippen molar-refractivity contribution in [3.05, 3.63) is 47.9 Å². The normalized spacial score (nSPS) is 20.9. The summed E-state index contributed by atoms with van der Waals surface area (Å²) in [6.07, 6.45) is 10.8. The van der Waals surface area contributed by atoms with Gasteiger partial charge in [-0.3, -0.25) is 9.69 Å². The third-order valence-electron chi connectivity index (χ3n) is 8.09. The number of carbonyl (C=O) groups is 1. The molecule has 0 bridgehead atoms. The fourth-order valence-electron chi connectivity index (χ4n) is 5.92. The van der Waals surface area contributed by atoms with E-state index in [1.807, 2.05) is 24.4 Å². The number of ether oxygens (including phenoxy) is 1. The second-order valence-electron chi connectivity index (χ2n) is 10.7. The predicted octanol–water partition coefficient (Wildman–Crippen LogP) is 4.56. The highest BCUT2D eigenvalue weighted by atomic mass is 35.5. The minimum Gasteiger partial charge on any atom is -0.375 e. The minimum absolute atomic E-state index is 0. The third kappa shape index (κ3) is 6.84. The van der Waals surface area contributed by atoms with Crippen molar-refractivity contribution in [2.24, 2.45) is 0 Å². The van der Waals surface area contributed by atoms with Crippen LogP contribution in [0, 0.1) is 0 Å². The fraction of sp³-hybridized carbons (Fsp3) is 0.536. The molecule has 0 spiro atoms. The first-order valence-corrected chi connectivity index (χ1v) is 13.7. The largest absolute Gasteiger partial charge is 0.375 e. The van der Waals surface area contributed by atoms with Gasteiger partial charge in [0.2, 0.25) is 0 Å². The van der Waals surface area contributed by atoms with Crippen LogP contribution in [0.15, 0.2) is 36.7 Å². The lowest BCUT2D eigenvalue weighted by Crippen LogP contribution is -2.41. The molecule has 0 aliphatic carbocycles. The van der Waals surface area contributed by atoms with E-state index in [-0.39, 0.29) is 30.7 Å². The average Bonchev–Trinajstić information content (AvgIpc) is 3.55. The molecule has 0 radical (unpaired) electrons. The summed E-state index contributed by atoms with van der Waals surface area (Å²) in [5, 5.41) is 7.38. The Labute approximate surface area is 242 Å². The van der Waals surface area contributed by atoms with E-state index >= 15 is 0 Å². The van der Waals surface area contributed by atoms with Gasteiger partial charge in [-0.2, -0.15) is 0 Å². The zero-order valence-corrected chi connectivity index (χ0v) is 24.0. The quantitative estimate of drug-likeness (QED) is 0.396. The van der Waals surface area contributed by atoms with E-state index < -0.39 is 0 Å². The Bertz CT molecular complexity index is 1220. The SMILES string of the molecule is CN1CCC[C@@H]1c1cc2cnc(NC(=O)c3ccc(N4CCC(OC5CCNCC5)CC4)nc3)cc2[nH]1.Cl.Cl. The molecule has 9 nitrogen and oxygen atoms in total. The number of nitrogens with one attached hydrogen (secondary N) is 3. The van der Waals surface area contributed by atoms with Crippen LogP contribution in [0.1, 0.15) is 60.6 Å². The van der Waals surface area contributed by atoms with E-state index in [0.29, 0.717) is 29.6 Å². The van der Waals surface area contributed by atoms with Crippen molar-refractivity contribution in [3.8, 4) is 0 Å². The number of nitrogens with zero attached hydrogens (tertiary/aromatic N) is 4. The Balaban J connectivity index is 0.00000176. The average molecular weight is 577 g/mol. The number of aromatic nitrogens is 3. The Kier molecular flexibility index (Phi) is 10.1. The summed E-state index contributed by atoms with van der Waals surface area (Å²) >= 11 is 0. The molecule has 0 saturated carbocycles. The lowest BCUT2D eigenvalue weighted by Gasteiger charge is -2.35. The number of carbonyl (C=O) groups excluding carboxylic acids is 1. The number of piperidine rings is 2. The van der Waals surface area contributed by atoms with Crippen LogP contribution < -0.4 is 15.5 Å². The molecule has 3 aromatic rings. The van der Waals surface area contributed by atoms with Crippen molar-refractivity contribution in [2.75, 3.05) is 50.0 Å². The number of pyridine rings is 2. The summed E-state index contributed by atoms with van der Waals surface area (Å²) in [5.74, 6) is 1.24. The number of fused-ring (bicyclic) bond motifs is 1. The molecule has 1 amide bonds. The van der Waals surface area contributed by atoms with Gasteiger partial charge in [0.05, 0.1) is 23.3 Å². The maximum absolute atomic E-state index is 12.9. The molecule has 0 aromatic carbocycles. The van der Waals surface area contributed by atoms with Gasteiger partial charge in [0.25, 0.3) is 5.91 Å². The summed E-state index contributed by atoms with van der Waals surface area (Å²) in [5.41, 5.74) is 2.72. The standard InChI is InChI=1S/C28H37N7O2.2ClH/c1-34-12-2-3-25(34)24-15-20-18-30-26(16-23(20)32-24)33-28(36)19-4-5-27(31-17-19)35-13-8-22(9-14-35)37-21-6-10-29-11-7-21;;/h4-5,15-18,21-22,25,29,32H,2-3,6-14H2,1H3,(H,30,33,36);2*1H/t25-;;/m1../s1. The fourth-order valence-corrected chi connectivity index (χ4v) is 5.92. The van der Waals surface area contributed by atoms with Crippen molar-refractivity contribution in [2.45, 2.75) is 56.8 Å². The van der Waals surface area contributed by atoms with E-state index in [1.165, 1.54) is 12.1 Å². The zero-order valence-electron chi connectivity index (χ0n) is 22.4. The van der Waals surface area contributed by atoms with E-state index in [2.05, 4.69) is 48.5 Å². The number of rotatable bonds is 6. The number of aromatic amines is 1. The minimum atomic E-state index is -0.206. The summed E-state index contributed by atoms with van der Waals surface area (Å²) in [4.78, 5) is 30.1. The van der Waals surface area contributed by atoms with Gasteiger partial charge in [-0.05, 0) is 83.4 Å². The van der Waals surface area contributed by atoms with Gasteiger partial charge < -0.3 is 25.3 Å². The number of hydrogen-bond acceptors (Lipinski definition) is 7. The monoisotopic (exact) mass is 575 g/mol. The first-order chi connectivity index (χ1) is 18.1. The Morgan fingerprint density at radius 2 is 1.74 bits per heavy atom. The van der Waals surface area contributed by atoms with Crippen LogP contribution in [0.4, 0.5) is 11.6 Å². The van der Waals surface area contributed by atoms with Gasteiger partial charge in [-0.15, -0.1) is 24.8 Å². The summed E-state index contributed by atoms with van der Waals surface area (Å²) in [6, 6.07) is 8.28. The van der Waals surface area contributed by atoms with E-state index in [0.717, 1.165) is 81.5 Å². The van der Waals surface area contributed by atoms with Crippen molar-refractivity contribution in [3.63, 3.8) is 0 Å². The molecular formula is C28H39Cl2N7O2.